The molecule has 0 aliphatic heterocycles. The van der Waals surface area contributed by atoms with E-state index in [1.807, 2.05) is 0 Å². The molecule has 0 aromatic rings. The molecule has 1 rings (SSSR count). The van der Waals surface area contributed by atoms with Gasteiger partial charge in [-0.3, -0.25) is 0 Å². The van der Waals surface area contributed by atoms with Gasteiger partial charge in [0.05, 0.1) is 0 Å². The number of rotatable bonds is 5. The van der Waals surface area contributed by atoms with Crippen molar-refractivity contribution in [3.05, 3.63) is 0 Å². The fourth-order valence-electron chi connectivity index (χ4n) is 1.71. The molecule has 0 saturated heterocycles. The minimum absolute atomic E-state index is 0.991. The van der Waals surface area contributed by atoms with E-state index in [2.05, 4.69) is 21.2 Å². The van der Waals surface area contributed by atoms with Crippen LogP contribution in [0, 0.1) is 5.92 Å². The average molecular weight is 220 g/mol. The number of nitrogens with one attached hydrogen (secondary N) is 1. The van der Waals surface area contributed by atoms with Gasteiger partial charge < -0.3 is 5.32 Å². The van der Waals surface area contributed by atoms with Gasteiger partial charge in [-0.05, 0) is 38.3 Å². The van der Waals surface area contributed by atoms with Crippen LogP contribution >= 0.6 is 15.9 Å². The van der Waals surface area contributed by atoms with Crippen LogP contribution < -0.4 is 5.32 Å². The molecule has 0 bridgehead atoms. The molecule has 1 aliphatic carbocycles. The van der Waals surface area contributed by atoms with Gasteiger partial charge in [-0.1, -0.05) is 28.8 Å². The first kappa shape index (κ1) is 9.53. The van der Waals surface area contributed by atoms with Crippen molar-refractivity contribution in [1.82, 2.24) is 5.32 Å². The Labute approximate surface area is 78.1 Å². The summed E-state index contributed by atoms with van der Waals surface area (Å²) < 4.78 is 0. The van der Waals surface area contributed by atoms with Crippen LogP contribution in [-0.4, -0.2) is 18.4 Å². The van der Waals surface area contributed by atoms with E-state index in [-0.39, 0.29) is 0 Å². The van der Waals surface area contributed by atoms with Crippen molar-refractivity contribution in [3.63, 3.8) is 0 Å². The van der Waals surface area contributed by atoms with Crippen molar-refractivity contribution < 1.29 is 0 Å². The van der Waals surface area contributed by atoms with E-state index in [1.54, 1.807) is 0 Å². The third kappa shape index (κ3) is 4.12. The van der Waals surface area contributed by atoms with Crippen LogP contribution in [0.1, 0.15) is 32.1 Å². The van der Waals surface area contributed by atoms with Crippen LogP contribution in [-0.2, 0) is 0 Å². The van der Waals surface area contributed by atoms with E-state index in [0.29, 0.717) is 0 Å². The van der Waals surface area contributed by atoms with Gasteiger partial charge >= 0.3 is 0 Å². The normalized spacial score (nSPS) is 19.4. The Morgan fingerprint density at radius 2 is 2.00 bits per heavy atom. The number of hydrogen-bond acceptors (Lipinski definition) is 1. The smallest absolute Gasteiger partial charge is 0.00433 e. The predicted octanol–water partition coefficient (Wildman–Crippen LogP) is 2.55. The molecule has 0 unspecified atom stereocenters. The molecule has 0 radical (unpaired) electrons. The Morgan fingerprint density at radius 1 is 1.27 bits per heavy atom. The van der Waals surface area contributed by atoms with Crippen molar-refractivity contribution in [2.45, 2.75) is 32.1 Å². The maximum atomic E-state index is 3.50. The zero-order chi connectivity index (χ0) is 7.94. The predicted molar refractivity (Wildman–Crippen MR) is 53.2 cm³/mol. The first-order valence-corrected chi connectivity index (χ1v) is 5.82. The summed E-state index contributed by atoms with van der Waals surface area (Å²) in [7, 11) is 0. The molecule has 0 aromatic carbocycles. The van der Waals surface area contributed by atoms with Gasteiger partial charge in [-0.25, -0.2) is 0 Å². The summed E-state index contributed by atoms with van der Waals surface area (Å²) in [6, 6.07) is 0. The van der Waals surface area contributed by atoms with Gasteiger partial charge in [0, 0.05) is 5.33 Å². The second-order valence-corrected chi connectivity index (χ2v) is 4.19. The summed E-state index contributed by atoms with van der Waals surface area (Å²) >= 11 is 3.42. The Morgan fingerprint density at radius 3 is 2.64 bits per heavy atom. The highest BCUT2D eigenvalue weighted by Crippen LogP contribution is 2.23. The molecular formula is C9H18BrN. The second kappa shape index (κ2) is 6.01. The summed E-state index contributed by atoms with van der Waals surface area (Å²) in [5.41, 5.74) is 0. The van der Waals surface area contributed by atoms with Crippen molar-refractivity contribution >= 4 is 15.9 Å². The molecule has 1 saturated carbocycles. The fraction of sp³-hybridized carbons (Fsp3) is 1.00. The average Bonchev–Trinajstić information content (AvgIpc) is 2.50. The Balaban J connectivity index is 1.86. The van der Waals surface area contributed by atoms with E-state index in [1.165, 1.54) is 45.2 Å². The zero-order valence-electron chi connectivity index (χ0n) is 7.11. The maximum absolute atomic E-state index is 3.50. The van der Waals surface area contributed by atoms with E-state index in [9.17, 15) is 0 Å². The van der Waals surface area contributed by atoms with E-state index >= 15 is 0 Å². The molecule has 1 fully saturated rings. The Bertz CT molecular complexity index is 89.6. The molecule has 1 aliphatic rings. The van der Waals surface area contributed by atoms with Crippen LogP contribution in [0.5, 0.6) is 0 Å². The zero-order valence-corrected chi connectivity index (χ0v) is 8.70. The van der Waals surface area contributed by atoms with Crippen LogP contribution in [0.4, 0.5) is 0 Å². The number of alkyl halides is 1. The van der Waals surface area contributed by atoms with Crippen LogP contribution in [0.2, 0.25) is 0 Å². The van der Waals surface area contributed by atoms with Gasteiger partial charge in [-0.2, -0.15) is 0 Å². The molecular weight excluding hydrogens is 202 g/mol. The van der Waals surface area contributed by atoms with E-state index < -0.39 is 0 Å². The minimum atomic E-state index is 0.991. The molecule has 1 nitrogen and oxygen atoms in total. The van der Waals surface area contributed by atoms with Crippen LogP contribution in [0.3, 0.4) is 0 Å². The van der Waals surface area contributed by atoms with Crippen molar-refractivity contribution in [3.8, 4) is 0 Å². The monoisotopic (exact) mass is 219 g/mol. The lowest BCUT2D eigenvalue weighted by molar-refractivity contribution is 0.490. The Hall–Kier alpha value is 0.440. The lowest BCUT2D eigenvalue weighted by Crippen LogP contribution is -2.22. The number of halogens is 1. The SMILES string of the molecule is BrCCCNCC1CCCC1. The topological polar surface area (TPSA) is 12.0 Å². The van der Waals surface area contributed by atoms with E-state index in [4.69, 9.17) is 0 Å². The van der Waals surface area contributed by atoms with Gasteiger partial charge in [0.1, 0.15) is 0 Å². The lowest BCUT2D eigenvalue weighted by Gasteiger charge is -2.09. The Kier molecular flexibility index (Phi) is 5.21. The molecule has 0 atom stereocenters. The largest absolute Gasteiger partial charge is 0.316 e. The molecule has 1 N–H and O–H groups in total. The van der Waals surface area contributed by atoms with Crippen LogP contribution in [0.15, 0.2) is 0 Å². The molecule has 0 aromatic heterocycles. The molecule has 0 spiro atoms. The van der Waals surface area contributed by atoms with Gasteiger partial charge in [0.2, 0.25) is 0 Å². The lowest BCUT2D eigenvalue weighted by atomic mass is 10.1. The van der Waals surface area contributed by atoms with Crippen molar-refractivity contribution in [2.24, 2.45) is 5.92 Å². The summed E-state index contributed by atoms with van der Waals surface area (Å²) in [4.78, 5) is 0. The highest BCUT2D eigenvalue weighted by atomic mass is 79.9. The fourth-order valence-corrected chi connectivity index (χ4v) is 1.99. The quantitative estimate of drug-likeness (QED) is 0.554. The van der Waals surface area contributed by atoms with Crippen molar-refractivity contribution in [2.75, 3.05) is 18.4 Å². The maximum Gasteiger partial charge on any atom is 0.00433 e. The summed E-state index contributed by atoms with van der Waals surface area (Å²) in [5, 5.41) is 4.63. The first-order chi connectivity index (χ1) is 5.43. The van der Waals surface area contributed by atoms with Gasteiger partial charge in [0.25, 0.3) is 0 Å². The summed E-state index contributed by atoms with van der Waals surface area (Å²) in [6.45, 7) is 2.44. The third-order valence-electron chi connectivity index (χ3n) is 2.39. The minimum Gasteiger partial charge on any atom is -0.316 e. The van der Waals surface area contributed by atoms with Gasteiger partial charge in [-0.15, -0.1) is 0 Å². The number of hydrogen-bond donors (Lipinski definition) is 1. The van der Waals surface area contributed by atoms with Crippen LogP contribution in [0.25, 0.3) is 0 Å². The second-order valence-electron chi connectivity index (χ2n) is 3.40. The third-order valence-corrected chi connectivity index (χ3v) is 2.96. The molecule has 11 heavy (non-hydrogen) atoms. The first-order valence-electron chi connectivity index (χ1n) is 4.70. The van der Waals surface area contributed by atoms with Gasteiger partial charge in [0.15, 0.2) is 0 Å². The molecule has 0 amide bonds. The molecule has 2 heteroatoms. The molecule has 0 heterocycles. The highest BCUT2D eigenvalue weighted by molar-refractivity contribution is 9.09. The van der Waals surface area contributed by atoms with Crippen molar-refractivity contribution in [1.29, 1.82) is 0 Å². The highest BCUT2D eigenvalue weighted by Gasteiger charge is 2.13. The summed E-state index contributed by atoms with van der Waals surface area (Å²) in [6.07, 6.45) is 7.10. The van der Waals surface area contributed by atoms with E-state index in [0.717, 1.165) is 11.2 Å². The molecule has 66 valence electrons. The standard InChI is InChI=1S/C9H18BrN/c10-6-3-7-11-8-9-4-1-2-5-9/h9,11H,1-8H2. The summed E-state index contributed by atoms with van der Waals surface area (Å²) in [5.74, 6) is 0.991.